The molecule has 4 rings (SSSR count). The zero-order valence-electron chi connectivity index (χ0n) is 27.6. The molecule has 0 spiro atoms. The number of esters is 1. The molecule has 1 N–H and O–H groups in total. The molecule has 0 radical (unpaired) electrons. The van der Waals surface area contributed by atoms with Crippen LogP contribution in [0.1, 0.15) is 85.3 Å². The lowest BCUT2D eigenvalue weighted by molar-refractivity contribution is -0.142. The number of rotatable bonds is 15. The Morgan fingerprint density at radius 1 is 0.957 bits per heavy atom. The quantitative estimate of drug-likeness (QED) is 0.167. The molecule has 0 saturated heterocycles. The van der Waals surface area contributed by atoms with Crippen molar-refractivity contribution in [3.05, 3.63) is 94.6 Å². The lowest BCUT2D eigenvalue weighted by Crippen LogP contribution is -2.42. The molecule has 0 aromatic heterocycles. The molecular formula is C38H48F2N2O3S. The van der Waals surface area contributed by atoms with Gasteiger partial charge in [-0.1, -0.05) is 69.4 Å². The van der Waals surface area contributed by atoms with Crippen molar-refractivity contribution in [3.8, 4) is 11.1 Å². The van der Waals surface area contributed by atoms with Gasteiger partial charge in [-0.2, -0.15) is 11.8 Å². The molecule has 1 saturated carbocycles. The number of carbonyl (C=O) groups is 2. The maximum Gasteiger partial charge on any atom is 0.328 e. The van der Waals surface area contributed by atoms with Gasteiger partial charge in [0.25, 0.3) is 5.91 Å². The Hall–Kier alpha value is -3.23. The third-order valence-corrected chi connectivity index (χ3v) is 9.82. The Morgan fingerprint density at radius 3 is 2.30 bits per heavy atom. The van der Waals surface area contributed by atoms with Crippen LogP contribution in [0.5, 0.6) is 0 Å². The third-order valence-electron chi connectivity index (χ3n) is 9.18. The largest absolute Gasteiger partial charge is 0.467 e. The molecule has 0 bridgehead atoms. The average Bonchev–Trinajstić information content (AvgIpc) is 3.05. The first-order chi connectivity index (χ1) is 22.2. The molecule has 3 aromatic rings. The SMILES string of the molecule is CC[C@H](CC1CCCCC1)N(Cc1cc(F)cc(F)c1)Cc1ccc(C(=O)N[C@@H](CCSC)C(=O)OC)c(-c2ccccc2C)c1. The molecule has 0 aliphatic heterocycles. The van der Waals surface area contributed by atoms with Gasteiger partial charge in [0.15, 0.2) is 0 Å². The van der Waals surface area contributed by atoms with Crippen LogP contribution in [-0.2, 0) is 22.6 Å². The van der Waals surface area contributed by atoms with Crippen molar-refractivity contribution in [2.75, 3.05) is 19.1 Å². The van der Waals surface area contributed by atoms with Gasteiger partial charge in [-0.15, -0.1) is 0 Å². The van der Waals surface area contributed by atoms with Gasteiger partial charge in [-0.05, 0) is 96.2 Å². The normalized spacial score (nSPS) is 15.0. The van der Waals surface area contributed by atoms with Crippen LogP contribution in [0.2, 0.25) is 0 Å². The van der Waals surface area contributed by atoms with E-state index in [0.29, 0.717) is 42.3 Å². The highest BCUT2D eigenvalue weighted by molar-refractivity contribution is 7.98. The summed E-state index contributed by atoms with van der Waals surface area (Å²) in [6.45, 7) is 5.18. The molecule has 2 atom stereocenters. The fraction of sp³-hybridized carbons (Fsp3) is 0.474. The van der Waals surface area contributed by atoms with Crippen molar-refractivity contribution in [1.29, 1.82) is 0 Å². The highest BCUT2D eigenvalue weighted by Gasteiger charge is 2.26. The van der Waals surface area contributed by atoms with Crippen LogP contribution >= 0.6 is 11.8 Å². The van der Waals surface area contributed by atoms with E-state index in [4.69, 9.17) is 4.74 Å². The summed E-state index contributed by atoms with van der Waals surface area (Å²) in [4.78, 5) is 28.6. The summed E-state index contributed by atoms with van der Waals surface area (Å²) in [5.41, 5.74) is 4.81. The number of aryl methyl sites for hydroxylation is 1. The summed E-state index contributed by atoms with van der Waals surface area (Å²) in [6.07, 6.45) is 10.6. The van der Waals surface area contributed by atoms with E-state index in [1.54, 1.807) is 11.8 Å². The van der Waals surface area contributed by atoms with Gasteiger partial charge >= 0.3 is 5.97 Å². The van der Waals surface area contributed by atoms with Crippen molar-refractivity contribution in [3.63, 3.8) is 0 Å². The first kappa shape index (κ1) is 35.6. The second-order valence-electron chi connectivity index (χ2n) is 12.5. The molecule has 248 valence electrons. The lowest BCUT2D eigenvalue weighted by atomic mass is 9.83. The van der Waals surface area contributed by atoms with Crippen LogP contribution in [0.15, 0.2) is 60.7 Å². The molecule has 5 nitrogen and oxygen atoms in total. The number of hydrogen-bond acceptors (Lipinski definition) is 5. The summed E-state index contributed by atoms with van der Waals surface area (Å²) in [6, 6.07) is 17.0. The molecular weight excluding hydrogens is 602 g/mol. The monoisotopic (exact) mass is 650 g/mol. The van der Waals surface area contributed by atoms with Crippen LogP contribution in [0.3, 0.4) is 0 Å². The molecule has 0 unspecified atom stereocenters. The first-order valence-electron chi connectivity index (χ1n) is 16.5. The summed E-state index contributed by atoms with van der Waals surface area (Å²) in [5, 5.41) is 2.92. The highest BCUT2D eigenvalue weighted by atomic mass is 32.2. The fourth-order valence-electron chi connectivity index (χ4n) is 6.72. The van der Waals surface area contributed by atoms with Gasteiger partial charge in [-0.3, -0.25) is 9.69 Å². The zero-order valence-corrected chi connectivity index (χ0v) is 28.4. The van der Waals surface area contributed by atoms with Crippen LogP contribution in [0.4, 0.5) is 8.78 Å². The van der Waals surface area contributed by atoms with Gasteiger partial charge in [0.05, 0.1) is 7.11 Å². The minimum Gasteiger partial charge on any atom is -0.467 e. The van der Waals surface area contributed by atoms with Crippen LogP contribution < -0.4 is 5.32 Å². The van der Waals surface area contributed by atoms with Gasteiger partial charge < -0.3 is 10.1 Å². The van der Waals surface area contributed by atoms with Crippen LogP contribution in [0, 0.1) is 24.5 Å². The van der Waals surface area contributed by atoms with Crippen molar-refractivity contribution in [1.82, 2.24) is 10.2 Å². The molecule has 1 aliphatic carbocycles. The maximum atomic E-state index is 14.3. The second-order valence-corrected chi connectivity index (χ2v) is 13.5. The van der Waals surface area contributed by atoms with E-state index in [1.807, 2.05) is 49.6 Å². The highest BCUT2D eigenvalue weighted by Crippen LogP contribution is 2.33. The van der Waals surface area contributed by atoms with E-state index >= 15 is 0 Å². The van der Waals surface area contributed by atoms with Crippen molar-refractivity contribution >= 4 is 23.6 Å². The number of benzene rings is 3. The minimum atomic E-state index is -0.749. The predicted molar refractivity (Wildman–Crippen MR) is 184 cm³/mol. The Bertz CT molecular complexity index is 1440. The molecule has 8 heteroatoms. The van der Waals surface area contributed by atoms with Gasteiger partial charge in [0.2, 0.25) is 0 Å². The van der Waals surface area contributed by atoms with Crippen molar-refractivity contribution in [2.45, 2.75) is 90.4 Å². The molecule has 46 heavy (non-hydrogen) atoms. The molecule has 1 fully saturated rings. The number of hydrogen-bond donors (Lipinski definition) is 1. The number of nitrogens with one attached hydrogen (secondary N) is 1. The lowest BCUT2D eigenvalue weighted by Gasteiger charge is -2.35. The molecule has 1 aliphatic rings. The van der Waals surface area contributed by atoms with Crippen molar-refractivity contribution in [2.24, 2.45) is 5.92 Å². The predicted octanol–water partition coefficient (Wildman–Crippen LogP) is 8.72. The number of carbonyl (C=O) groups excluding carboxylic acids is 2. The first-order valence-corrected chi connectivity index (χ1v) is 17.9. The van der Waals surface area contributed by atoms with Crippen LogP contribution in [0.25, 0.3) is 11.1 Å². The molecule has 3 aromatic carbocycles. The van der Waals surface area contributed by atoms with Gasteiger partial charge in [0, 0.05) is 30.8 Å². The summed E-state index contributed by atoms with van der Waals surface area (Å²) >= 11 is 1.60. The van der Waals surface area contributed by atoms with Gasteiger partial charge in [-0.25, -0.2) is 13.6 Å². The summed E-state index contributed by atoms with van der Waals surface area (Å²) in [5.74, 6) is -0.603. The fourth-order valence-corrected chi connectivity index (χ4v) is 7.19. The smallest absolute Gasteiger partial charge is 0.328 e. The summed E-state index contributed by atoms with van der Waals surface area (Å²) in [7, 11) is 1.33. The second kappa shape index (κ2) is 17.6. The number of methoxy groups -OCH3 is 1. The van der Waals surface area contributed by atoms with Crippen LogP contribution in [-0.4, -0.2) is 48.0 Å². The Kier molecular flexibility index (Phi) is 13.6. The Labute approximate surface area is 277 Å². The Morgan fingerprint density at radius 2 is 1.65 bits per heavy atom. The number of ether oxygens (including phenoxy) is 1. The number of halogens is 2. The Balaban J connectivity index is 1.70. The minimum absolute atomic E-state index is 0.233. The van der Waals surface area contributed by atoms with E-state index in [1.165, 1.54) is 51.3 Å². The standard InChI is InChI=1S/C38H48F2N2O3S/c1-5-32(21-27-12-7-6-8-13-27)42(25-29-19-30(39)23-31(40)20-29)24-28-15-16-34(35(22-28)33-14-10-9-11-26(33)2)37(43)41-36(17-18-46-4)38(44)45-3/h9-11,14-16,19-20,22-23,27,32,36H,5-8,12-13,17-18,21,24-25H2,1-4H3,(H,41,43)/t32-,36+/m1/s1. The number of nitrogens with zero attached hydrogens (tertiary/aromatic N) is 1. The summed E-state index contributed by atoms with van der Waals surface area (Å²) < 4.78 is 33.5. The molecule has 0 heterocycles. The van der Waals surface area contributed by atoms with E-state index < -0.39 is 23.6 Å². The van der Waals surface area contributed by atoms with E-state index in [9.17, 15) is 18.4 Å². The number of amides is 1. The van der Waals surface area contributed by atoms with E-state index in [0.717, 1.165) is 41.2 Å². The van der Waals surface area contributed by atoms with Crippen molar-refractivity contribution < 1.29 is 23.1 Å². The maximum absolute atomic E-state index is 14.3. The van der Waals surface area contributed by atoms with E-state index in [-0.39, 0.29) is 11.9 Å². The third kappa shape index (κ3) is 9.88. The zero-order chi connectivity index (χ0) is 33.1. The molecule has 1 amide bonds. The van der Waals surface area contributed by atoms with Gasteiger partial charge in [0.1, 0.15) is 17.7 Å². The average molecular weight is 651 g/mol. The topological polar surface area (TPSA) is 58.6 Å². The van der Waals surface area contributed by atoms with E-state index in [2.05, 4.69) is 23.2 Å². The number of thioether (sulfide) groups is 1.